The van der Waals surface area contributed by atoms with Gasteiger partial charge in [0.05, 0.1) is 11.5 Å². The second-order valence-corrected chi connectivity index (χ2v) is 7.55. The van der Waals surface area contributed by atoms with E-state index in [-0.39, 0.29) is 11.8 Å². The fraction of sp³-hybridized carbons (Fsp3) is 0.538. The Morgan fingerprint density at radius 1 is 1.44 bits per heavy atom. The summed E-state index contributed by atoms with van der Waals surface area (Å²) in [6, 6.07) is 5.97. The van der Waals surface area contributed by atoms with E-state index in [0.717, 1.165) is 29.0 Å². The maximum atomic E-state index is 11.5. The number of halogens is 1. The van der Waals surface area contributed by atoms with E-state index in [2.05, 4.69) is 5.32 Å². The van der Waals surface area contributed by atoms with Crippen LogP contribution >= 0.6 is 11.6 Å². The maximum Gasteiger partial charge on any atom is 0.151 e. The van der Waals surface area contributed by atoms with Crippen LogP contribution in [0.25, 0.3) is 0 Å². The zero-order valence-electron chi connectivity index (χ0n) is 10.4. The van der Waals surface area contributed by atoms with E-state index in [9.17, 15) is 8.42 Å². The zero-order chi connectivity index (χ0) is 13.2. The molecule has 2 rings (SSSR count). The van der Waals surface area contributed by atoms with Gasteiger partial charge < -0.3 is 5.32 Å². The van der Waals surface area contributed by atoms with Gasteiger partial charge in [0, 0.05) is 17.6 Å². The lowest BCUT2D eigenvalue weighted by Crippen LogP contribution is -2.39. The Hall–Kier alpha value is -0.580. The Morgan fingerprint density at radius 3 is 2.89 bits per heavy atom. The van der Waals surface area contributed by atoms with Crippen LogP contribution in [-0.2, 0) is 16.4 Å². The lowest BCUT2D eigenvalue weighted by molar-refractivity contribution is 0.480. The molecule has 0 amide bonds. The first-order chi connectivity index (χ1) is 8.46. The minimum absolute atomic E-state index is 0.0831. The number of nitrogens with one attached hydrogen (secondary N) is 1. The number of hydrogen-bond acceptors (Lipinski definition) is 3. The Labute approximate surface area is 113 Å². The average Bonchev–Trinajstić information content (AvgIpc) is 2.29. The molecule has 18 heavy (non-hydrogen) atoms. The molecule has 0 saturated carbocycles. The second kappa shape index (κ2) is 5.59. The molecule has 1 aromatic carbocycles. The molecule has 100 valence electrons. The van der Waals surface area contributed by atoms with Crippen molar-refractivity contribution in [3.05, 3.63) is 34.3 Å². The Kier molecular flexibility index (Phi) is 4.30. The first-order valence-electron chi connectivity index (χ1n) is 6.15. The molecule has 1 atom stereocenters. The van der Waals surface area contributed by atoms with Gasteiger partial charge in [0.25, 0.3) is 0 Å². The van der Waals surface area contributed by atoms with Gasteiger partial charge in [-0.25, -0.2) is 8.42 Å². The largest absolute Gasteiger partial charge is 0.309 e. The number of benzene rings is 1. The van der Waals surface area contributed by atoms with Crippen LogP contribution in [0.2, 0.25) is 5.02 Å². The van der Waals surface area contributed by atoms with Gasteiger partial charge >= 0.3 is 0 Å². The third kappa shape index (κ3) is 3.70. The van der Waals surface area contributed by atoms with Crippen LogP contribution in [0.3, 0.4) is 0 Å². The number of rotatable bonds is 3. The topological polar surface area (TPSA) is 46.2 Å². The molecule has 1 N–H and O–H groups in total. The highest BCUT2D eigenvalue weighted by molar-refractivity contribution is 7.91. The Balaban J connectivity index is 1.93. The lowest BCUT2D eigenvalue weighted by atomic mass is 10.1. The Bertz CT molecular complexity index is 528. The lowest BCUT2D eigenvalue weighted by Gasteiger charge is -2.23. The summed E-state index contributed by atoms with van der Waals surface area (Å²) >= 11 is 5.97. The van der Waals surface area contributed by atoms with Crippen molar-refractivity contribution in [1.82, 2.24) is 5.32 Å². The molecule has 0 aromatic heterocycles. The first kappa shape index (κ1) is 13.8. The van der Waals surface area contributed by atoms with Crippen molar-refractivity contribution in [2.24, 2.45) is 0 Å². The molecule has 1 saturated heterocycles. The number of hydrogen-bond donors (Lipinski definition) is 1. The van der Waals surface area contributed by atoms with Crippen LogP contribution in [0.5, 0.6) is 0 Å². The fourth-order valence-corrected chi connectivity index (χ4v) is 4.05. The predicted octanol–water partition coefficient (Wildman–Crippen LogP) is 2.32. The number of aryl methyl sites for hydroxylation is 1. The Morgan fingerprint density at radius 2 is 2.22 bits per heavy atom. The molecule has 5 heteroatoms. The number of sulfone groups is 1. The highest BCUT2D eigenvalue weighted by Crippen LogP contribution is 2.17. The van der Waals surface area contributed by atoms with Crippen LogP contribution in [-0.4, -0.2) is 26.0 Å². The summed E-state index contributed by atoms with van der Waals surface area (Å²) in [5.41, 5.74) is 2.19. The van der Waals surface area contributed by atoms with Gasteiger partial charge in [-0.2, -0.15) is 0 Å². The molecule has 1 aliphatic heterocycles. The highest BCUT2D eigenvalue weighted by atomic mass is 35.5. The van der Waals surface area contributed by atoms with Crippen molar-refractivity contribution in [3.63, 3.8) is 0 Å². The summed E-state index contributed by atoms with van der Waals surface area (Å²) in [6.07, 6.45) is 1.70. The van der Waals surface area contributed by atoms with Gasteiger partial charge in [0.15, 0.2) is 9.84 Å². The zero-order valence-corrected chi connectivity index (χ0v) is 12.0. The van der Waals surface area contributed by atoms with Crippen LogP contribution in [0.4, 0.5) is 0 Å². The van der Waals surface area contributed by atoms with E-state index >= 15 is 0 Å². The molecular weight excluding hydrogens is 270 g/mol. The summed E-state index contributed by atoms with van der Waals surface area (Å²) in [4.78, 5) is 0. The SMILES string of the molecule is Cc1cc(CN[C@H]2CCCS(=O)(=O)C2)ccc1Cl. The summed E-state index contributed by atoms with van der Waals surface area (Å²) in [5.74, 6) is 0.602. The van der Waals surface area contributed by atoms with Crippen molar-refractivity contribution in [2.75, 3.05) is 11.5 Å². The second-order valence-electron chi connectivity index (χ2n) is 4.92. The summed E-state index contributed by atoms with van der Waals surface area (Å²) < 4.78 is 23.0. The van der Waals surface area contributed by atoms with Crippen molar-refractivity contribution in [2.45, 2.75) is 32.4 Å². The predicted molar refractivity (Wildman–Crippen MR) is 74.7 cm³/mol. The van der Waals surface area contributed by atoms with E-state index in [4.69, 9.17) is 11.6 Å². The first-order valence-corrected chi connectivity index (χ1v) is 8.35. The van der Waals surface area contributed by atoms with Crippen LogP contribution in [0.1, 0.15) is 24.0 Å². The van der Waals surface area contributed by atoms with Crippen LogP contribution in [0, 0.1) is 6.92 Å². The standard InChI is InChI=1S/C13H18ClNO2S/c1-10-7-11(4-5-13(10)14)8-15-12-3-2-6-18(16,17)9-12/h4-5,7,12,15H,2-3,6,8-9H2,1H3/t12-/m0/s1. The molecule has 1 aliphatic rings. The van der Waals surface area contributed by atoms with Gasteiger partial charge in [-0.15, -0.1) is 0 Å². The molecule has 1 fully saturated rings. The van der Waals surface area contributed by atoms with Crippen molar-refractivity contribution < 1.29 is 8.42 Å². The highest BCUT2D eigenvalue weighted by Gasteiger charge is 2.24. The van der Waals surface area contributed by atoms with Crippen LogP contribution < -0.4 is 5.32 Å². The normalized spacial score (nSPS) is 22.9. The van der Waals surface area contributed by atoms with Crippen molar-refractivity contribution >= 4 is 21.4 Å². The molecule has 1 aromatic rings. The minimum Gasteiger partial charge on any atom is -0.309 e. The fourth-order valence-electron chi connectivity index (χ4n) is 2.26. The smallest absolute Gasteiger partial charge is 0.151 e. The third-order valence-corrected chi connectivity index (χ3v) is 5.53. The monoisotopic (exact) mass is 287 g/mol. The van der Waals surface area contributed by atoms with Crippen molar-refractivity contribution in [1.29, 1.82) is 0 Å². The molecule has 3 nitrogen and oxygen atoms in total. The molecule has 0 bridgehead atoms. The van der Waals surface area contributed by atoms with Gasteiger partial charge in [0.1, 0.15) is 0 Å². The van der Waals surface area contributed by atoms with E-state index in [1.165, 1.54) is 0 Å². The molecule has 0 radical (unpaired) electrons. The molecule has 0 spiro atoms. The van der Waals surface area contributed by atoms with Crippen molar-refractivity contribution in [3.8, 4) is 0 Å². The van der Waals surface area contributed by atoms with E-state index < -0.39 is 9.84 Å². The minimum atomic E-state index is -2.83. The van der Waals surface area contributed by atoms with Crippen LogP contribution in [0.15, 0.2) is 18.2 Å². The van der Waals surface area contributed by atoms with Gasteiger partial charge in [-0.1, -0.05) is 23.7 Å². The third-order valence-electron chi connectivity index (χ3n) is 3.28. The van der Waals surface area contributed by atoms with Gasteiger partial charge in [-0.3, -0.25) is 0 Å². The quantitative estimate of drug-likeness (QED) is 0.928. The van der Waals surface area contributed by atoms with E-state index in [1.807, 2.05) is 25.1 Å². The molecule has 0 aliphatic carbocycles. The van der Waals surface area contributed by atoms with E-state index in [1.54, 1.807) is 0 Å². The summed E-state index contributed by atoms with van der Waals surface area (Å²) in [6.45, 7) is 2.66. The van der Waals surface area contributed by atoms with Gasteiger partial charge in [-0.05, 0) is 37.0 Å². The maximum absolute atomic E-state index is 11.5. The summed E-state index contributed by atoms with van der Waals surface area (Å²) in [5, 5.41) is 4.08. The molecule has 1 heterocycles. The molecular formula is C13H18ClNO2S. The average molecular weight is 288 g/mol. The van der Waals surface area contributed by atoms with Gasteiger partial charge in [0.2, 0.25) is 0 Å². The van der Waals surface area contributed by atoms with E-state index in [0.29, 0.717) is 12.3 Å². The molecule has 0 unspecified atom stereocenters. The summed E-state index contributed by atoms with van der Waals surface area (Å²) in [7, 11) is -2.83.